The fourth-order valence-corrected chi connectivity index (χ4v) is 1.21. The van der Waals surface area contributed by atoms with Crippen molar-refractivity contribution in [2.45, 2.75) is 0 Å². The van der Waals surface area contributed by atoms with E-state index in [-0.39, 0.29) is 17.1 Å². The second-order valence-electron chi connectivity index (χ2n) is 2.45. The molecule has 0 heterocycles. The van der Waals surface area contributed by atoms with Gasteiger partial charge in [0.15, 0.2) is 0 Å². The van der Waals surface area contributed by atoms with Gasteiger partial charge in [-0.1, -0.05) is 54.6 Å². The van der Waals surface area contributed by atoms with E-state index >= 15 is 0 Å². The molecule has 0 saturated heterocycles. The Morgan fingerprint density at radius 1 is 0.571 bits per heavy atom. The van der Waals surface area contributed by atoms with Gasteiger partial charge in [-0.3, -0.25) is 0 Å². The van der Waals surface area contributed by atoms with Gasteiger partial charge in [0, 0.05) is 20.6 Å². The summed E-state index contributed by atoms with van der Waals surface area (Å²) in [5.41, 5.74) is 0. The van der Waals surface area contributed by atoms with E-state index < -0.39 is 0 Å². The standard InChI is InChI=1S/C6H5I.C6H6.Fe/c7-6-4-2-1-3-5-6;1-2-4-6-5-3-1;/h1-5H;1-6H;. The fourth-order valence-electron chi connectivity index (χ4n) is 0.800. The number of hydrogen-bond donors (Lipinski definition) is 0. The summed E-state index contributed by atoms with van der Waals surface area (Å²) in [6.45, 7) is 0. The third kappa shape index (κ3) is 7.13. The second-order valence-corrected chi connectivity index (χ2v) is 3.70. The van der Waals surface area contributed by atoms with E-state index in [1.54, 1.807) is 0 Å². The summed E-state index contributed by atoms with van der Waals surface area (Å²) >= 11 is 2.28. The van der Waals surface area contributed by atoms with E-state index in [0.29, 0.717) is 0 Å². The average molecular weight is 338 g/mol. The first-order valence-electron chi connectivity index (χ1n) is 4.10. The zero-order chi connectivity index (χ0) is 9.36. The minimum atomic E-state index is 0. The molecule has 0 aliphatic heterocycles. The van der Waals surface area contributed by atoms with Crippen LogP contribution in [-0.2, 0) is 17.1 Å². The van der Waals surface area contributed by atoms with E-state index in [2.05, 4.69) is 34.7 Å². The van der Waals surface area contributed by atoms with Crippen molar-refractivity contribution >= 4 is 22.6 Å². The van der Waals surface area contributed by atoms with Crippen molar-refractivity contribution < 1.29 is 17.1 Å². The Morgan fingerprint density at radius 3 is 1.07 bits per heavy atom. The quantitative estimate of drug-likeness (QED) is 0.504. The maximum atomic E-state index is 2.28. The Balaban J connectivity index is 0.000000227. The molecular weight excluding hydrogens is 327 g/mol. The minimum absolute atomic E-state index is 0. The van der Waals surface area contributed by atoms with Crippen LogP contribution in [0.4, 0.5) is 0 Å². The van der Waals surface area contributed by atoms with Crippen molar-refractivity contribution in [1.82, 2.24) is 0 Å². The molecule has 2 aromatic rings. The molecule has 2 aromatic carbocycles. The average Bonchev–Trinajstić information content (AvgIpc) is 2.22. The Bertz CT molecular complexity index is 281. The molecule has 0 fully saturated rings. The van der Waals surface area contributed by atoms with Crippen molar-refractivity contribution in [3.8, 4) is 0 Å². The largest absolute Gasteiger partial charge is 0.0623 e. The van der Waals surface area contributed by atoms with E-state index in [4.69, 9.17) is 0 Å². The van der Waals surface area contributed by atoms with Crippen molar-refractivity contribution in [2.75, 3.05) is 0 Å². The van der Waals surface area contributed by atoms with Crippen LogP contribution in [0.2, 0.25) is 0 Å². The molecule has 0 N–H and O–H groups in total. The number of rotatable bonds is 0. The van der Waals surface area contributed by atoms with Crippen LogP contribution >= 0.6 is 22.6 Å². The molecule has 0 radical (unpaired) electrons. The Labute approximate surface area is 109 Å². The molecule has 0 atom stereocenters. The van der Waals surface area contributed by atoms with Gasteiger partial charge in [-0.25, -0.2) is 0 Å². The van der Waals surface area contributed by atoms with Crippen molar-refractivity contribution in [2.24, 2.45) is 0 Å². The van der Waals surface area contributed by atoms with Crippen LogP contribution in [0.3, 0.4) is 0 Å². The van der Waals surface area contributed by atoms with Crippen LogP contribution in [0.25, 0.3) is 0 Å². The molecule has 0 nitrogen and oxygen atoms in total. The molecule has 14 heavy (non-hydrogen) atoms. The third-order valence-corrected chi connectivity index (χ3v) is 2.12. The van der Waals surface area contributed by atoms with Crippen LogP contribution in [0.1, 0.15) is 0 Å². The van der Waals surface area contributed by atoms with E-state index in [1.807, 2.05) is 54.6 Å². The van der Waals surface area contributed by atoms with Crippen LogP contribution in [0.15, 0.2) is 66.7 Å². The molecule has 2 rings (SSSR count). The summed E-state index contributed by atoms with van der Waals surface area (Å²) in [4.78, 5) is 0. The molecule has 0 saturated carbocycles. The van der Waals surface area contributed by atoms with Crippen molar-refractivity contribution in [3.05, 3.63) is 70.3 Å². The summed E-state index contributed by atoms with van der Waals surface area (Å²) < 4.78 is 1.29. The normalized spacial score (nSPS) is 7.79. The predicted molar refractivity (Wildman–Crippen MR) is 65.6 cm³/mol. The molecule has 2 heteroatoms. The zero-order valence-corrected chi connectivity index (χ0v) is 10.8. The molecule has 0 bridgehead atoms. The SMILES string of the molecule is Ic1ccccc1.[Fe].c1ccccc1. The topological polar surface area (TPSA) is 0 Å². The zero-order valence-electron chi connectivity index (χ0n) is 7.58. The van der Waals surface area contributed by atoms with Crippen LogP contribution in [0.5, 0.6) is 0 Å². The first-order valence-corrected chi connectivity index (χ1v) is 5.18. The van der Waals surface area contributed by atoms with Gasteiger partial charge in [-0.2, -0.15) is 0 Å². The van der Waals surface area contributed by atoms with E-state index in [0.717, 1.165) is 0 Å². The molecule has 0 unspecified atom stereocenters. The first kappa shape index (κ1) is 13.7. The van der Waals surface area contributed by atoms with Gasteiger partial charge in [-0.05, 0) is 34.7 Å². The van der Waals surface area contributed by atoms with Gasteiger partial charge in [0.25, 0.3) is 0 Å². The Hall–Kier alpha value is -0.311. The van der Waals surface area contributed by atoms with E-state index in [9.17, 15) is 0 Å². The summed E-state index contributed by atoms with van der Waals surface area (Å²) in [5.74, 6) is 0. The predicted octanol–water partition coefficient (Wildman–Crippen LogP) is 3.98. The smallest absolute Gasteiger partial charge is 0.0130 e. The molecule has 0 spiro atoms. The number of hydrogen-bond acceptors (Lipinski definition) is 0. The van der Waals surface area contributed by atoms with Crippen LogP contribution < -0.4 is 0 Å². The van der Waals surface area contributed by atoms with Gasteiger partial charge in [0.05, 0.1) is 0 Å². The molecule has 0 amide bonds. The van der Waals surface area contributed by atoms with Gasteiger partial charge in [0.2, 0.25) is 0 Å². The summed E-state index contributed by atoms with van der Waals surface area (Å²) in [6, 6.07) is 22.2. The first-order chi connectivity index (χ1) is 6.39. The van der Waals surface area contributed by atoms with E-state index in [1.165, 1.54) is 3.57 Å². The summed E-state index contributed by atoms with van der Waals surface area (Å²) in [5, 5.41) is 0. The van der Waals surface area contributed by atoms with Crippen LogP contribution in [0, 0.1) is 3.57 Å². The monoisotopic (exact) mass is 338 g/mol. The Kier molecular flexibility index (Phi) is 9.05. The molecule has 0 aliphatic carbocycles. The van der Waals surface area contributed by atoms with Crippen molar-refractivity contribution in [3.63, 3.8) is 0 Å². The maximum absolute atomic E-state index is 2.28. The van der Waals surface area contributed by atoms with Gasteiger partial charge >= 0.3 is 0 Å². The maximum Gasteiger partial charge on any atom is 0.0130 e. The van der Waals surface area contributed by atoms with Crippen molar-refractivity contribution in [1.29, 1.82) is 0 Å². The van der Waals surface area contributed by atoms with Gasteiger partial charge < -0.3 is 0 Å². The molecule has 74 valence electrons. The summed E-state index contributed by atoms with van der Waals surface area (Å²) in [7, 11) is 0. The van der Waals surface area contributed by atoms with Crippen LogP contribution in [-0.4, -0.2) is 0 Å². The number of benzene rings is 2. The molecular formula is C12H11FeI. The summed E-state index contributed by atoms with van der Waals surface area (Å²) in [6.07, 6.45) is 0. The minimum Gasteiger partial charge on any atom is -0.0623 e. The molecule has 0 aliphatic rings. The number of halogens is 1. The third-order valence-electron chi connectivity index (χ3n) is 1.40. The van der Waals surface area contributed by atoms with Gasteiger partial charge in [0.1, 0.15) is 0 Å². The Morgan fingerprint density at radius 2 is 0.857 bits per heavy atom. The second kappa shape index (κ2) is 9.25. The molecule has 0 aromatic heterocycles. The fraction of sp³-hybridized carbons (Fsp3) is 0. The van der Waals surface area contributed by atoms with Gasteiger partial charge in [-0.15, -0.1) is 0 Å².